The van der Waals surface area contributed by atoms with E-state index in [4.69, 9.17) is 22.4 Å². The second-order valence-electron chi connectivity index (χ2n) is 4.23. The molecule has 0 spiro atoms. The highest BCUT2D eigenvalue weighted by atomic mass is 35.5. The lowest BCUT2D eigenvalue weighted by molar-refractivity contribution is 0.0698. The van der Waals surface area contributed by atoms with Crippen LogP contribution in [0.2, 0.25) is 5.02 Å². The second-order valence-corrected chi connectivity index (χ2v) is 4.66. The van der Waals surface area contributed by atoms with Crippen LogP contribution in [0, 0.1) is 0 Å². The van der Waals surface area contributed by atoms with E-state index >= 15 is 0 Å². The molecule has 21 heavy (non-hydrogen) atoms. The number of anilines is 2. The van der Waals surface area contributed by atoms with Gasteiger partial charge in [-0.15, -0.1) is 0 Å². The van der Waals surface area contributed by atoms with E-state index in [0.717, 1.165) is 0 Å². The van der Waals surface area contributed by atoms with Crippen molar-refractivity contribution < 1.29 is 19.8 Å². The summed E-state index contributed by atoms with van der Waals surface area (Å²) in [5.74, 6) is -2.17. The molecule has 0 aliphatic carbocycles. The van der Waals surface area contributed by atoms with Crippen molar-refractivity contribution >= 4 is 34.9 Å². The molecule has 7 heteroatoms. The molecule has 0 aliphatic heterocycles. The Kier molecular flexibility index (Phi) is 4.00. The van der Waals surface area contributed by atoms with Crippen LogP contribution in [0.1, 0.15) is 20.7 Å². The third-order valence-corrected chi connectivity index (χ3v) is 2.96. The quantitative estimate of drug-likeness (QED) is 0.651. The van der Waals surface area contributed by atoms with Crippen LogP contribution in [0.4, 0.5) is 11.4 Å². The number of nitrogens with one attached hydrogen (secondary N) is 1. The SMILES string of the molecule is Nc1ccc(C(=O)O)c(NC(=O)c2cc(Cl)ccc2O)c1. The number of carboxylic acids is 1. The third-order valence-electron chi connectivity index (χ3n) is 2.73. The average molecular weight is 307 g/mol. The molecule has 0 radical (unpaired) electrons. The summed E-state index contributed by atoms with van der Waals surface area (Å²) in [6.07, 6.45) is 0. The molecule has 0 fully saturated rings. The van der Waals surface area contributed by atoms with Gasteiger partial charge in [0.25, 0.3) is 5.91 Å². The lowest BCUT2D eigenvalue weighted by Gasteiger charge is -2.10. The predicted molar refractivity (Wildman–Crippen MR) is 78.9 cm³/mol. The van der Waals surface area contributed by atoms with Gasteiger partial charge in [0.15, 0.2) is 0 Å². The first-order chi connectivity index (χ1) is 9.88. The van der Waals surface area contributed by atoms with Gasteiger partial charge in [-0.05, 0) is 36.4 Å². The van der Waals surface area contributed by atoms with Gasteiger partial charge in [-0.2, -0.15) is 0 Å². The summed E-state index contributed by atoms with van der Waals surface area (Å²) in [6.45, 7) is 0. The van der Waals surface area contributed by atoms with Crippen LogP contribution >= 0.6 is 11.6 Å². The number of amides is 1. The van der Waals surface area contributed by atoms with Gasteiger partial charge in [-0.3, -0.25) is 4.79 Å². The monoisotopic (exact) mass is 306 g/mol. The van der Waals surface area contributed by atoms with E-state index in [1.165, 1.54) is 36.4 Å². The van der Waals surface area contributed by atoms with E-state index in [1.54, 1.807) is 0 Å². The zero-order chi connectivity index (χ0) is 15.6. The maximum Gasteiger partial charge on any atom is 0.337 e. The summed E-state index contributed by atoms with van der Waals surface area (Å²) >= 11 is 5.77. The van der Waals surface area contributed by atoms with Gasteiger partial charge in [0.1, 0.15) is 5.75 Å². The van der Waals surface area contributed by atoms with Gasteiger partial charge in [-0.1, -0.05) is 11.6 Å². The lowest BCUT2D eigenvalue weighted by atomic mass is 10.1. The van der Waals surface area contributed by atoms with Crippen LogP contribution in [0.25, 0.3) is 0 Å². The number of carbonyl (C=O) groups is 2. The Bertz CT molecular complexity index is 731. The minimum Gasteiger partial charge on any atom is -0.507 e. The molecule has 6 nitrogen and oxygen atoms in total. The van der Waals surface area contributed by atoms with Crippen LogP contribution in [-0.2, 0) is 0 Å². The summed E-state index contributed by atoms with van der Waals surface area (Å²) < 4.78 is 0. The molecular weight excluding hydrogens is 296 g/mol. The number of hydrogen-bond donors (Lipinski definition) is 4. The number of nitrogen functional groups attached to an aromatic ring is 1. The fourth-order valence-electron chi connectivity index (χ4n) is 1.73. The minimum atomic E-state index is -1.21. The Balaban J connectivity index is 2.38. The maximum absolute atomic E-state index is 12.1. The molecule has 1 amide bonds. The molecule has 0 saturated heterocycles. The summed E-state index contributed by atoms with van der Waals surface area (Å²) in [5, 5.41) is 21.4. The van der Waals surface area contributed by atoms with Crippen molar-refractivity contribution in [2.45, 2.75) is 0 Å². The van der Waals surface area contributed by atoms with Gasteiger partial charge < -0.3 is 21.3 Å². The van der Waals surface area contributed by atoms with E-state index in [9.17, 15) is 14.7 Å². The molecule has 2 aromatic rings. The molecule has 0 bridgehead atoms. The molecule has 0 saturated carbocycles. The number of hydrogen-bond acceptors (Lipinski definition) is 4. The summed E-state index contributed by atoms with van der Waals surface area (Å²) in [7, 11) is 0. The van der Waals surface area contributed by atoms with Crippen LogP contribution in [0.5, 0.6) is 5.75 Å². The minimum absolute atomic E-state index is 0.0341. The Morgan fingerprint density at radius 3 is 2.48 bits per heavy atom. The van der Waals surface area contributed by atoms with E-state index < -0.39 is 11.9 Å². The number of rotatable bonds is 3. The average Bonchev–Trinajstić information content (AvgIpc) is 2.41. The number of aromatic carboxylic acids is 1. The predicted octanol–water partition coefficient (Wildman–Crippen LogP) is 2.58. The normalized spacial score (nSPS) is 10.1. The second kappa shape index (κ2) is 5.72. The Labute approximate surface area is 124 Å². The van der Waals surface area contributed by atoms with Crippen molar-refractivity contribution in [2.24, 2.45) is 0 Å². The fourth-order valence-corrected chi connectivity index (χ4v) is 1.90. The first kappa shape index (κ1) is 14.7. The van der Waals surface area contributed by atoms with Gasteiger partial charge in [-0.25, -0.2) is 4.79 Å². The Hall–Kier alpha value is -2.73. The number of nitrogens with two attached hydrogens (primary N) is 1. The van der Waals surface area contributed by atoms with Gasteiger partial charge in [0.2, 0.25) is 0 Å². The molecule has 0 aliphatic rings. The number of phenols is 1. The van der Waals surface area contributed by atoms with Crippen LogP contribution in [-0.4, -0.2) is 22.1 Å². The molecular formula is C14H11ClN2O4. The fraction of sp³-hybridized carbons (Fsp3) is 0. The Morgan fingerprint density at radius 2 is 1.81 bits per heavy atom. The molecule has 0 atom stereocenters. The van der Waals surface area contributed by atoms with E-state index in [1.807, 2.05) is 0 Å². The van der Waals surface area contributed by atoms with Crippen molar-refractivity contribution in [2.75, 3.05) is 11.1 Å². The van der Waals surface area contributed by atoms with Gasteiger partial charge >= 0.3 is 5.97 Å². The number of carbonyl (C=O) groups excluding carboxylic acids is 1. The number of benzene rings is 2. The zero-order valence-corrected chi connectivity index (χ0v) is 11.4. The molecule has 2 rings (SSSR count). The smallest absolute Gasteiger partial charge is 0.337 e. The van der Waals surface area contributed by atoms with Crippen LogP contribution < -0.4 is 11.1 Å². The van der Waals surface area contributed by atoms with E-state index in [-0.39, 0.29) is 27.6 Å². The lowest BCUT2D eigenvalue weighted by Crippen LogP contribution is -2.15. The third kappa shape index (κ3) is 3.24. The van der Waals surface area contributed by atoms with E-state index in [0.29, 0.717) is 5.69 Å². The van der Waals surface area contributed by atoms with Crippen molar-refractivity contribution in [1.82, 2.24) is 0 Å². The van der Waals surface area contributed by atoms with Gasteiger partial charge in [0.05, 0.1) is 16.8 Å². The number of phenolic OH excluding ortho intramolecular Hbond substituents is 1. The summed E-state index contributed by atoms with van der Waals surface area (Å²) in [6, 6.07) is 7.99. The highest BCUT2D eigenvalue weighted by Crippen LogP contribution is 2.24. The van der Waals surface area contributed by atoms with E-state index in [2.05, 4.69) is 5.32 Å². The number of carboxylic acid groups (broad SMARTS) is 1. The van der Waals surface area contributed by atoms with Crippen molar-refractivity contribution in [3.05, 3.63) is 52.5 Å². The van der Waals surface area contributed by atoms with Crippen LogP contribution in [0.15, 0.2) is 36.4 Å². The van der Waals surface area contributed by atoms with Crippen molar-refractivity contribution in [3.63, 3.8) is 0 Å². The summed E-state index contributed by atoms with van der Waals surface area (Å²) in [4.78, 5) is 23.2. The van der Waals surface area contributed by atoms with Crippen molar-refractivity contribution in [1.29, 1.82) is 0 Å². The number of halogens is 1. The largest absolute Gasteiger partial charge is 0.507 e. The molecule has 0 aromatic heterocycles. The first-order valence-corrected chi connectivity index (χ1v) is 6.19. The first-order valence-electron chi connectivity index (χ1n) is 5.81. The summed E-state index contributed by atoms with van der Waals surface area (Å²) in [5.41, 5.74) is 5.73. The molecule has 0 unspecified atom stereocenters. The zero-order valence-electron chi connectivity index (χ0n) is 10.6. The molecule has 2 aromatic carbocycles. The maximum atomic E-state index is 12.1. The highest BCUT2D eigenvalue weighted by molar-refractivity contribution is 6.31. The topological polar surface area (TPSA) is 113 Å². The Morgan fingerprint density at radius 1 is 1.10 bits per heavy atom. The number of aromatic hydroxyl groups is 1. The molecule has 108 valence electrons. The standard InChI is InChI=1S/C14H11ClN2O4/c15-7-1-4-12(18)10(5-7)13(19)17-11-6-8(16)2-3-9(11)14(20)21/h1-6,18H,16H2,(H,17,19)(H,20,21). The molecule has 0 heterocycles. The highest BCUT2D eigenvalue weighted by Gasteiger charge is 2.16. The van der Waals surface area contributed by atoms with Crippen molar-refractivity contribution in [3.8, 4) is 5.75 Å². The molecule has 5 N–H and O–H groups in total. The van der Waals surface area contributed by atoms with Gasteiger partial charge in [0, 0.05) is 10.7 Å². The van der Waals surface area contributed by atoms with Crippen LogP contribution in [0.3, 0.4) is 0 Å².